The van der Waals surface area contributed by atoms with Crippen molar-refractivity contribution in [3.63, 3.8) is 0 Å². The molecule has 0 atom stereocenters. The van der Waals surface area contributed by atoms with E-state index in [4.69, 9.17) is 8.94 Å². The quantitative estimate of drug-likeness (QED) is 0.495. The fraction of sp³-hybridized carbons (Fsp3) is 0.167. The molecule has 0 aliphatic rings. The third-order valence-electron chi connectivity index (χ3n) is 3.98. The number of aromatic nitrogens is 4. The van der Waals surface area contributed by atoms with Crippen molar-refractivity contribution in [3.05, 3.63) is 66.0 Å². The molecule has 7 heteroatoms. The average Bonchev–Trinajstić information content (AvgIpc) is 3.36. The second-order valence-electron chi connectivity index (χ2n) is 5.58. The van der Waals surface area contributed by atoms with Crippen LogP contribution in [0.1, 0.15) is 17.0 Å². The van der Waals surface area contributed by atoms with Gasteiger partial charge in [0.05, 0.1) is 17.7 Å². The first-order chi connectivity index (χ1) is 12.2. The highest BCUT2D eigenvalue weighted by Crippen LogP contribution is 2.27. The van der Waals surface area contributed by atoms with E-state index < -0.39 is 0 Å². The largest absolute Gasteiger partial charge is 0.461 e. The minimum Gasteiger partial charge on any atom is -0.461 e. The lowest BCUT2D eigenvalue weighted by atomic mass is 10.1. The molecule has 4 aromatic rings. The minimum absolute atomic E-state index is 0.457. The highest BCUT2D eigenvalue weighted by atomic mass is 32.2. The van der Waals surface area contributed by atoms with Crippen LogP contribution in [-0.2, 0) is 5.75 Å². The van der Waals surface area contributed by atoms with Crippen LogP contribution in [0, 0.1) is 13.8 Å². The van der Waals surface area contributed by atoms with Gasteiger partial charge >= 0.3 is 0 Å². The summed E-state index contributed by atoms with van der Waals surface area (Å²) in [5, 5.41) is 4.83. The number of rotatable bonds is 5. The maximum Gasteiger partial charge on any atom is 0.238 e. The van der Waals surface area contributed by atoms with Crippen molar-refractivity contribution in [2.24, 2.45) is 0 Å². The van der Waals surface area contributed by atoms with Crippen molar-refractivity contribution in [1.29, 1.82) is 0 Å². The van der Waals surface area contributed by atoms with E-state index in [0.29, 0.717) is 23.2 Å². The SMILES string of the molecule is Cc1cccc(-n2ccnc2SCc2nc(-c3ccco3)no2)c1C. The van der Waals surface area contributed by atoms with E-state index in [2.05, 4.69) is 51.7 Å². The van der Waals surface area contributed by atoms with Crippen molar-refractivity contribution in [1.82, 2.24) is 19.7 Å². The van der Waals surface area contributed by atoms with E-state index in [9.17, 15) is 0 Å². The van der Waals surface area contributed by atoms with Gasteiger partial charge < -0.3 is 8.94 Å². The maximum absolute atomic E-state index is 5.30. The van der Waals surface area contributed by atoms with Gasteiger partial charge in [-0.15, -0.1) is 0 Å². The molecule has 0 aliphatic heterocycles. The van der Waals surface area contributed by atoms with Gasteiger partial charge in [-0.2, -0.15) is 4.98 Å². The average molecular weight is 352 g/mol. The molecule has 3 aromatic heterocycles. The molecule has 0 saturated heterocycles. The van der Waals surface area contributed by atoms with Gasteiger partial charge in [-0.05, 0) is 43.2 Å². The Kier molecular flexibility index (Phi) is 4.15. The second kappa shape index (κ2) is 6.60. The first kappa shape index (κ1) is 15.7. The summed E-state index contributed by atoms with van der Waals surface area (Å²) in [5.74, 6) is 2.12. The summed E-state index contributed by atoms with van der Waals surface area (Å²) in [6.07, 6.45) is 5.35. The van der Waals surface area contributed by atoms with E-state index >= 15 is 0 Å². The summed E-state index contributed by atoms with van der Waals surface area (Å²) in [5.41, 5.74) is 3.61. The molecule has 0 spiro atoms. The molecular formula is C18H16N4O2S. The molecule has 0 bridgehead atoms. The van der Waals surface area contributed by atoms with Crippen LogP contribution in [-0.4, -0.2) is 19.7 Å². The molecule has 3 heterocycles. The Bertz CT molecular complexity index is 988. The van der Waals surface area contributed by atoms with Crippen LogP contribution in [0.2, 0.25) is 0 Å². The third-order valence-corrected chi connectivity index (χ3v) is 4.93. The smallest absolute Gasteiger partial charge is 0.238 e. The Morgan fingerprint density at radius 3 is 2.92 bits per heavy atom. The van der Waals surface area contributed by atoms with Crippen molar-refractivity contribution in [3.8, 4) is 17.3 Å². The molecule has 6 nitrogen and oxygen atoms in total. The zero-order valence-corrected chi connectivity index (χ0v) is 14.7. The van der Waals surface area contributed by atoms with E-state index in [1.165, 1.54) is 11.1 Å². The predicted molar refractivity (Wildman–Crippen MR) is 94.6 cm³/mol. The molecule has 0 aliphatic carbocycles. The Morgan fingerprint density at radius 1 is 1.16 bits per heavy atom. The van der Waals surface area contributed by atoms with Gasteiger partial charge in [0.1, 0.15) is 0 Å². The van der Waals surface area contributed by atoms with Crippen LogP contribution in [0.5, 0.6) is 0 Å². The highest BCUT2D eigenvalue weighted by molar-refractivity contribution is 7.98. The fourth-order valence-corrected chi connectivity index (χ4v) is 3.33. The number of hydrogen-bond donors (Lipinski definition) is 0. The summed E-state index contributed by atoms with van der Waals surface area (Å²) >= 11 is 1.55. The normalized spacial score (nSPS) is 11.1. The van der Waals surface area contributed by atoms with Crippen molar-refractivity contribution in [2.45, 2.75) is 24.8 Å². The third kappa shape index (κ3) is 3.10. The van der Waals surface area contributed by atoms with Gasteiger partial charge in [-0.3, -0.25) is 4.57 Å². The summed E-state index contributed by atoms with van der Waals surface area (Å²) in [6.45, 7) is 4.23. The zero-order valence-electron chi connectivity index (χ0n) is 13.8. The minimum atomic E-state index is 0.457. The monoisotopic (exact) mass is 352 g/mol. The van der Waals surface area contributed by atoms with Gasteiger partial charge in [0.2, 0.25) is 11.7 Å². The van der Waals surface area contributed by atoms with Gasteiger partial charge in [0.15, 0.2) is 10.9 Å². The van der Waals surface area contributed by atoms with Gasteiger partial charge in [0, 0.05) is 12.4 Å². The number of furan rings is 1. The lowest BCUT2D eigenvalue weighted by molar-refractivity contribution is 0.390. The molecular weight excluding hydrogens is 336 g/mol. The number of hydrogen-bond acceptors (Lipinski definition) is 6. The molecule has 0 radical (unpaired) electrons. The number of benzene rings is 1. The maximum atomic E-state index is 5.30. The first-order valence-electron chi connectivity index (χ1n) is 7.81. The molecule has 25 heavy (non-hydrogen) atoms. The van der Waals surface area contributed by atoms with Crippen LogP contribution in [0.15, 0.2) is 63.1 Å². The molecule has 0 fully saturated rings. The summed E-state index contributed by atoms with van der Waals surface area (Å²) in [7, 11) is 0. The molecule has 0 unspecified atom stereocenters. The van der Waals surface area contributed by atoms with Crippen LogP contribution in [0.3, 0.4) is 0 Å². The first-order valence-corrected chi connectivity index (χ1v) is 8.80. The van der Waals surface area contributed by atoms with Crippen LogP contribution < -0.4 is 0 Å². The van der Waals surface area contributed by atoms with Gasteiger partial charge in [-0.1, -0.05) is 29.1 Å². The van der Waals surface area contributed by atoms with Gasteiger partial charge in [-0.25, -0.2) is 4.98 Å². The fourth-order valence-electron chi connectivity index (χ4n) is 2.52. The molecule has 0 saturated carbocycles. The predicted octanol–water partition coefficient (Wildman–Crippen LogP) is 4.42. The summed E-state index contributed by atoms with van der Waals surface area (Å²) in [4.78, 5) is 8.81. The van der Waals surface area contributed by atoms with Crippen LogP contribution >= 0.6 is 11.8 Å². The van der Waals surface area contributed by atoms with Crippen molar-refractivity contribution in [2.75, 3.05) is 0 Å². The Hall–Kier alpha value is -2.80. The van der Waals surface area contributed by atoms with E-state index in [1.54, 1.807) is 36.4 Å². The second-order valence-corrected chi connectivity index (χ2v) is 6.52. The van der Waals surface area contributed by atoms with Crippen molar-refractivity contribution < 1.29 is 8.94 Å². The van der Waals surface area contributed by atoms with E-state index in [0.717, 1.165) is 10.8 Å². The number of thioether (sulfide) groups is 1. The topological polar surface area (TPSA) is 69.9 Å². The molecule has 0 N–H and O–H groups in total. The number of imidazole rings is 1. The van der Waals surface area contributed by atoms with Gasteiger partial charge in [0.25, 0.3) is 0 Å². The standard InChI is InChI=1S/C18H16N4O2S/c1-12-5-3-6-14(13(12)2)22-9-8-19-18(22)25-11-16-20-17(21-24-16)15-7-4-10-23-15/h3-10H,11H2,1-2H3. The molecule has 4 rings (SSSR count). The summed E-state index contributed by atoms with van der Waals surface area (Å²) in [6, 6.07) is 9.85. The Morgan fingerprint density at radius 2 is 2.08 bits per heavy atom. The molecule has 0 amide bonds. The van der Waals surface area contributed by atoms with Crippen LogP contribution in [0.25, 0.3) is 17.3 Å². The van der Waals surface area contributed by atoms with E-state index in [1.807, 2.05) is 6.20 Å². The number of aryl methyl sites for hydroxylation is 1. The molecule has 126 valence electrons. The van der Waals surface area contributed by atoms with Crippen LogP contribution in [0.4, 0.5) is 0 Å². The highest BCUT2D eigenvalue weighted by Gasteiger charge is 2.14. The number of nitrogens with zero attached hydrogens (tertiary/aromatic N) is 4. The Labute approximate surface area is 148 Å². The Balaban J connectivity index is 1.53. The lowest BCUT2D eigenvalue weighted by Gasteiger charge is -2.11. The van der Waals surface area contributed by atoms with Crippen molar-refractivity contribution >= 4 is 11.8 Å². The zero-order chi connectivity index (χ0) is 17.2. The summed E-state index contributed by atoms with van der Waals surface area (Å²) < 4.78 is 12.7. The molecule has 1 aromatic carbocycles. The van der Waals surface area contributed by atoms with E-state index in [-0.39, 0.29) is 0 Å². The lowest BCUT2D eigenvalue weighted by Crippen LogP contribution is -1.99.